The fourth-order valence-electron chi connectivity index (χ4n) is 4.54. The SMILES string of the molecule is CC(c1nc2ncccc2c(=O)n1-c1ccc(OCC(F)(F)F)cc1)N(CCS(C)(=O)=O)C(=O)Cc1ccc(F)c(C(F)(F)F)c1. The van der Waals surface area contributed by atoms with Crippen LogP contribution < -0.4 is 10.3 Å². The van der Waals surface area contributed by atoms with Crippen molar-refractivity contribution in [3.8, 4) is 11.4 Å². The molecule has 46 heavy (non-hydrogen) atoms. The smallest absolute Gasteiger partial charge is 0.422 e. The van der Waals surface area contributed by atoms with Crippen LogP contribution >= 0.6 is 0 Å². The lowest BCUT2D eigenvalue weighted by molar-refractivity contribution is -0.153. The van der Waals surface area contributed by atoms with Crippen molar-refractivity contribution in [1.82, 2.24) is 19.4 Å². The Morgan fingerprint density at radius 2 is 1.72 bits per heavy atom. The maximum absolute atomic E-state index is 13.9. The Morgan fingerprint density at radius 1 is 1.04 bits per heavy atom. The van der Waals surface area contributed by atoms with Crippen LogP contribution in [0.25, 0.3) is 16.7 Å². The minimum atomic E-state index is -5.04. The third-order valence-electron chi connectivity index (χ3n) is 6.72. The molecule has 0 fully saturated rings. The molecule has 0 N–H and O–H groups in total. The lowest BCUT2D eigenvalue weighted by atomic mass is 10.1. The summed E-state index contributed by atoms with van der Waals surface area (Å²) in [5.74, 6) is -3.29. The number of hydrogen-bond acceptors (Lipinski definition) is 7. The Hall–Kier alpha value is -4.54. The number of halogens is 7. The molecular formula is C29H25F7N4O5S. The molecule has 0 saturated heterocycles. The molecule has 17 heteroatoms. The van der Waals surface area contributed by atoms with Crippen molar-refractivity contribution in [2.45, 2.75) is 31.7 Å². The highest BCUT2D eigenvalue weighted by Crippen LogP contribution is 2.32. The Labute approximate surface area is 257 Å². The van der Waals surface area contributed by atoms with E-state index in [9.17, 15) is 48.7 Å². The van der Waals surface area contributed by atoms with Crippen LogP contribution in [0.4, 0.5) is 30.7 Å². The predicted molar refractivity (Wildman–Crippen MR) is 152 cm³/mol. The third-order valence-corrected chi connectivity index (χ3v) is 7.65. The van der Waals surface area contributed by atoms with Gasteiger partial charge in [-0.25, -0.2) is 22.8 Å². The van der Waals surface area contributed by atoms with E-state index in [0.29, 0.717) is 12.1 Å². The van der Waals surface area contributed by atoms with E-state index < -0.39 is 76.4 Å². The summed E-state index contributed by atoms with van der Waals surface area (Å²) in [6.45, 7) is -0.625. The Kier molecular flexibility index (Phi) is 9.75. The zero-order chi connectivity index (χ0) is 34.0. The minimum absolute atomic E-state index is 0.0378. The van der Waals surface area contributed by atoms with E-state index in [1.54, 1.807) is 0 Å². The van der Waals surface area contributed by atoms with Gasteiger partial charge in [0.25, 0.3) is 5.56 Å². The number of hydrogen-bond donors (Lipinski definition) is 0. The van der Waals surface area contributed by atoms with Gasteiger partial charge in [-0.2, -0.15) is 26.3 Å². The zero-order valence-electron chi connectivity index (χ0n) is 24.1. The molecule has 0 spiro atoms. The van der Waals surface area contributed by atoms with Crippen LogP contribution in [0.1, 0.15) is 29.9 Å². The van der Waals surface area contributed by atoms with Crippen LogP contribution in [-0.4, -0.2) is 65.1 Å². The van der Waals surface area contributed by atoms with Gasteiger partial charge in [-0.1, -0.05) is 6.07 Å². The molecule has 2 aromatic heterocycles. The summed E-state index contributed by atoms with van der Waals surface area (Å²) in [4.78, 5) is 36.9. The Balaban J connectivity index is 1.80. The number of ether oxygens (including phenoxy) is 1. The standard InChI is InChI=1S/C29H25F7N4O5S/c1-17(39(12-13-46(2,43)44)24(41)15-18-5-10-23(30)22(14-18)29(34,35)36)26-38-25-21(4-3-11-37-25)27(42)40(26)19-6-8-20(9-7-19)45-16-28(31,32)33/h3-11,14,17H,12-13,15-16H2,1-2H3. The second-order valence-corrected chi connectivity index (χ2v) is 12.5. The van der Waals surface area contributed by atoms with Gasteiger partial charge in [-0.15, -0.1) is 0 Å². The molecule has 0 radical (unpaired) electrons. The van der Waals surface area contributed by atoms with Gasteiger partial charge in [-0.05, 0) is 61.0 Å². The zero-order valence-corrected chi connectivity index (χ0v) is 24.9. The molecule has 0 aliphatic rings. The van der Waals surface area contributed by atoms with Crippen LogP contribution in [0.3, 0.4) is 0 Å². The van der Waals surface area contributed by atoms with Gasteiger partial charge in [0.05, 0.1) is 34.9 Å². The molecule has 1 amide bonds. The van der Waals surface area contributed by atoms with Gasteiger partial charge < -0.3 is 9.64 Å². The molecule has 0 aliphatic carbocycles. The number of aromatic nitrogens is 3. The van der Waals surface area contributed by atoms with Crippen molar-refractivity contribution in [2.24, 2.45) is 0 Å². The quantitative estimate of drug-likeness (QED) is 0.217. The maximum Gasteiger partial charge on any atom is 0.422 e. The predicted octanol–water partition coefficient (Wildman–Crippen LogP) is 5.06. The number of carbonyl (C=O) groups is 1. The number of fused-ring (bicyclic) bond motifs is 1. The van der Waals surface area contributed by atoms with E-state index in [2.05, 4.69) is 9.97 Å². The molecule has 4 rings (SSSR count). The normalized spacial score (nSPS) is 13.1. The fraction of sp³-hybridized carbons (Fsp3) is 0.310. The topological polar surface area (TPSA) is 111 Å². The van der Waals surface area contributed by atoms with Gasteiger partial charge in [-0.3, -0.25) is 14.2 Å². The molecule has 9 nitrogen and oxygen atoms in total. The molecule has 0 saturated carbocycles. The second-order valence-electron chi connectivity index (χ2n) is 10.3. The first-order chi connectivity index (χ1) is 21.3. The highest BCUT2D eigenvalue weighted by atomic mass is 32.2. The molecule has 246 valence electrons. The number of benzene rings is 2. The largest absolute Gasteiger partial charge is 0.484 e. The molecule has 0 aliphatic heterocycles. The fourth-order valence-corrected chi connectivity index (χ4v) is 5.06. The summed E-state index contributed by atoms with van der Waals surface area (Å²) in [7, 11) is -3.69. The van der Waals surface area contributed by atoms with Crippen LogP contribution in [-0.2, 0) is 27.2 Å². The second kappa shape index (κ2) is 13.1. The van der Waals surface area contributed by atoms with E-state index in [4.69, 9.17) is 4.74 Å². The van der Waals surface area contributed by atoms with Crippen molar-refractivity contribution in [2.75, 3.05) is 25.2 Å². The monoisotopic (exact) mass is 674 g/mol. The summed E-state index contributed by atoms with van der Waals surface area (Å²) in [5.41, 5.74) is -2.44. The molecule has 2 heterocycles. The Bertz CT molecular complexity index is 1910. The highest BCUT2D eigenvalue weighted by molar-refractivity contribution is 7.90. The number of rotatable bonds is 10. The van der Waals surface area contributed by atoms with E-state index in [1.807, 2.05) is 0 Å². The van der Waals surface area contributed by atoms with Gasteiger partial charge in [0.2, 0.25) is 5.91 Å². The van der Waals surface area contributed by atoms with Crippen molar-refractivity contribution in [1.29, 1.82) is 0 Å². The first-order valence-corrected chi connectivity index (χ1v) is 15.4. The molecule has 1 unspecified atom stereocenters. The number of pyridine rings is 1. The van der Waals surface area contributed by atoms with E-state index in [1.165, 1.54) is 49.5 Å². The summed E-state index contributed by atoms with van der Waals surface area (Å²) in [5, 5.41) is 0.0378. The summed E-state index contributed by atoms with van der Waals surface area (Å²) < 4.78 is 122. The molecule has 4 aromatic rings. The van der Waals surface area contributed by atoms with Crippen molar-refractivity contribution >= 4 is 26.8 Å². The Morgan fingerprint density at radius 3 is 2.33 bits per heavy atom. The van der Waals surface area contributed by atoms with Gasteiger partial charge in [0.1, 0.15) is 27.2 Å². The van der Waals surface area contributed by atoms with E-state index >= 15 is 0 Å². The number of nitrogens with zero attached hydrogens (tertiary/aromatic N) is 4. The van der Waals surface area contributed by atoms with Crippen LogP contribution in [0.15, 0.2) is 65.6 Å². The molecular weight excluding hydrogens is 649 g/mol. The van der Waals surface area contributed by atoms with Gasteiger partial charge in [0, 0.05) is 19.0 Å². The lowest BCUT2D eigenvalue weighted by Gasteiger charge is -2.30. The lowest BCUT2D eigenvalue weighted by Crippen LogP contribution is -2.40. The van der Waals surface area contributed by atoms with E-state index in [-0.39, 0.29) is 33.9 Å². The van der Waals surface area contributed by atoms with Crippen LogP contribution in [0.2, 0.25) is 0 Å². The molecule has 2 aromatic carbocycles. The van der Waals surface area contributed by atoms with E-state index in [0.717, 1.165) is 21.8 Å². The maximum atomic E-state index is 13.9. The van der Waals surface area contributed by atoms with Crippen molar-refractivity contribution in [3.05, 3.63) is 93.9 Å². The number of carbonyl (C=O) groups excluding carboxylic acids is 1. The van der Waals surface area contributed by atoms with Crippen molar-refractivity contribution < 1.29 is 48.7 Å². The number of alkyl halides is 6. The molecule has 1 atom stereocenters. The van der Waals surface area contributed by atoms with Gasteiger partial charge >= 0.3 is 12.4 Å². The summed E-state index contributed by atoms with van der Waals surface area (Å²) >= 11 is 0. The average molecular weight is 675 g/mol. The first kappa shape index (κ1) is 34.3. The van der Waals surface area contributed by atoms with Crippen LogP contribution in [0.5, 0.6) is 5.75 Å². The van der Waals surface area contributed by atoms with Crippen LogP contribution in [0, 0.1) is 5.82 Å². The minimum Gasteiger partial charge on any atom is -0.484 e. The van der Waals surface area contributed by atoms with Crippen molar-refractivity contribution in [3.63, 3.8) is 0 Å². The highest BCUT2D eigenvalue weighted by Gasteiger charge is 2.35. The molecule has 0 bridgehead atoms. The third kappa shape index (κ3) is 8.38. The van der Waals surface area contributed by atoms with Gasteiger partial charge in [0.15, 0.2) is 12.3 Å². The summed E-state index contributed by atoms with van der Waals surface area (Å²) in [6, 6.07) is 8.59. The summed E-state index contributed by atoms with van der Waals surface area (Å²) in [6.07, 6.45) is -8.08. The number of sulfone groups is 1. The number of amides is 1. The first-order valence-electron chi connectivity index (χ1n) is 13.3. The average Bonchev–Trinajstić information content (AvgIpc) is 2.96.